The lowest BCUT2D eigenvalue weighted by molar-refractivity contribution is -0.150. The summed E-state index contributed by atoms with van der Waals surface area (Å²) < 4.78 is 6.01. The fourth-order valence-electron chi connectivity index (χ4n) is 6.30. The lowest BCUT2D eigenvalue weighted by Crippen LogP contribution is -2.40. The maximum Gasteiger partial charge on any atom is 0.326 e. The average Bonchev–Trinajstić information content (AvgIpc) is 3.16. The molecule has 0 aromatic rings. The van der Waals surface area contributed by atoms with Crippen LogP contribution in [0.25, 0.3) is 0 Å². The van der Waals surface area contributed by atoms with Crippen molar-refractivity contribution >= 4 is 17.8 Å². The third-order valence-corrected chi connectivity index (χ3v) is 9.60. The van der Waals surface area contributed by atoms with Gasteiger partial charge in [0.05, 0.1) is 0 Å². The van der Waals surface area contributed by atoms with Crippen LogP contribution in [0.4, 0.5) is 0 Å². The highest BCUT2D eigenvalue weighted by Gasteiger charge is 2.19. The van der Waals surface area contributed by atoms with Crippen LogP contribution in [0.5, 0.6) is 0 Å². The first-order valence-electron chi connectivity index (χ1n) is 22.1. The molecule has 7 nitrogen and oxygen atoms in total. The number of carboxylic acid groups (broad SMARTS) is 1. The molecule has 0 saturated heterocycles. The molecule has 0 aromatic heterocycles. The molecular weight excluding hydrogens is 673 g/mol. The van der Waals surface area contributed by atoms with Gasteiger partial charge in [0.1, 0.15) is 12.1 Å². The summed E-state index contributed by atoms with van der Waals surface area (Å²) in [5.41, 5.74) is 5.48. The predicted octanol–water partition coefficient (Wildman–Crippen LogP) is 12.6. The first-order valence-corrected chi connectivity index (χ1v) is 22.1. The van der Waals surface area contributed by atoms with Crippen molar-refractivity contribution in [1.82, 2.24) is 5.32 Å². The Bertz CT molecular complexity index is 1030. The number of hydrogen-bond donors (Lipinski definition) is 3. The van der Waals surface area contributed by atoms with E-state index in [-0.39, 0.29) is 18.0 Å². The molecule has 0 aromatic carbocycles. The second-order valence-corrected chi connectivity index (χ2v) is 14.7. The van der Waals surface area contributed by atoms with Gasteiger partial charge in [-0.2, -0.15) is 0 Å². The first-order chi connectivity index (χ1) is 26.4. The molecule has 2 unspecified atom stereocenters. The number of amides is 1. The zero-order valence-corrected chi connectivity index (χ0v) is 34.8. The van der Waals surface area contributed by atoms with Crippen molar-refractivity contribution in [3.8, 4) is 0 Å². The Hall–Kier alpha value is -2.93. The molecule has 0 spiro atoms. The van der Waals surface area contributed by atoms with E-state index in [1.165, 1.54) is 51.4 Å². The van der Waals surface area contributed by atoms with Gasteiger partial charge in [0.15, 0.2) is 0 Å². The zero-order valence-electron chi connectivity index (χ0n) is 34.8. The Morgan fingerprint density at radius 2 is 1.02 bits per heavy atom. The summed E-state index contributed by atoms with van der Waals surface area (Å²) >= 11 is 0. The zero-order chi connectivity index (χ0) is 39.6. The number of nitrogens with one attached hydrogen (secondary N) is 1. The van der Waals surface area contributed by atoms with Crippen LogP contribution in [0.3, 0.4) is 0 Å². The van der Waals surface area contributed by atoms with Gasteiger partial charge < -0.3 is 20.9 Å². The van der Waals surface area contributed by atoms with Crippen molar-refractivity contribution in [3.63, 3.8) is 0 Å². The van der Waals surface area contributed by atoms with E-state index in [4.69, 9.17) is 10.5 Å². The molecule has 0 aliphatic carbocycles. The van der Waals surface area contributed by atoms with E-state index < -0.39 is 12.0 Å². The number of carbonyl (C=O) groups is 3. The van der Waals surface area contributed by atoms with Crippen LogP contribution in [0.1, 0.15) is 200 Å². The van der Waals surface area contributed by atoms with E-state index >= 15 is 0 Å². The fraction of sp³-hybridized carbons (Fsp3) is 0.723. The highest BCUT2D eigenvalue weighted by atomic mass is 16.5. The highest BCUT2D eigenvalue weighted by molar-refractivity contribution is 5.83. The summed E-state index contributed by atoms with van der Waals surface area (Å²) in [7, 11) is 0. The Kier molecular flexibility index (Phi) is 39.0. The number of esters is 1. The van der Waals surface area contributed by atoms with Gasteiger partial charge >= 0.3 is 11.9 Å². The summed E-state index contributed by atoms with van der Waals surface area (Å²) in [5, 5.41) is 11.9. The van der Waals surface area contributed by atoms with E-state index in [0.717, 1.165) is 109 Å². The van der Waals surface area contributed by atoms with Gasteiger partial charge in [-0.1, -0.05) is 152 Å². The van der Waals surface area contributed by atoms with Gasteiger partial charge in [0.2, 0.25) is 5.91 Å². The number of hydrogen-bond acceptors (Lipinski definition) is 5. The van der Waals surface area contributed by atoms with Gasteiger partial charge in [0.25, 0.3) is 0 Å². The molecule has 1 amide bonds. The number of rotatable bonds is 39. The molecule has 0 bridgehead atoms. The van der Waals surface area contributed by atoms with Crippen molar-refractivity contribution in [2.24, 2.45) is 5.73 Å². The second-order valence-electron chi connectivity index (χ2n) is 14.7. The Morgan fingerprint density at radius 1 is 0.556 bits per heavy atom. The Labute approximate surface area is 331 Å². The summed E-state index contributed by atoms with van der Waals surface area (Å²) in [5.74, 6) is -1.26. The van der Waals surface area contributed by atoms with E-state index in [9.17, 15) is 19.5 Å². The van der Waals surface area contributed by atoms with Crippen molar-refractivity contribution in [1.29, 1.82) is 0 Å². The van der Waals surface area contributed by atoms with Crippen molar-refractivity contribution in [2.75, 3.05) is 6.54 Å². The average molecular weight is 755 g/mol. The van der Waals surface area contributed by atoms with Crippen molar-refractivity contribution in [2.45, 2.75) is 212 Å². The third-order valence-electron chi connectivity index (χ3n) is 9.60. The van der Waals surface area contributed by atoms with Crippen LogP contribution in [0, 0.1) is 0 Å². The minimum Gasteiger partial charge on any atom is -0.480 e. The summed E-state index contributed by atoms with van der Waals surface area (Å²) in [6.07, 6.45) is 51.3. The smallest absolute Gasteiger partial charge is 0.326 e. The largest absolute Gasteiger partial charge is 0.480 e. The molecule has 4 N–H and O–H groups in total. The maximum absolute atomic E-state index is 12.7. The molecule has 0 rings (SSSR count). The normalized spacial score (nSPS) is 13.2. The lowest BCUT2D eigenvalue weighted by atomic mass is 10.0. The van der Waals surface area contributed by atoms with Crippen LogP contribution >= 0.6 is 0 Å². The van der Waals surface area contributed by atoms with Crippen LogP contribution < -0.4 is 11.1 Å². The van der Waals surface area contributed by atoms with Gasteiger partial charge in [-0.3, -0.25) is 9.59 Å². The van der Waals surface area contributed by atoms with Gasteiger partial charge in [-0.15, -0.1) is 0 Å². The third kappa shape index (κ3) is 37.4. The minimum atomic E-state index is -1.01. The lowest BCUT2D eigenvalue weighted by Gasteiger charge is -2.18. The molecule has 310 valence electrons. The fourth-order valence-corrected chi connectivity index (χ4v) is 6.30. The summed E-state index contributed by atoms with van der Waals surface area (Å²) in [6.45, 7) is 4.81. The summed E-state index contributed by atoms with van der Waals surface area (Å²) in [4.78, 5) is 36.3. The Morgan fingerprint density at radius 3 is 1.54 bits per heavy atom. The van der Waals surface area contributed by atoms with Gasteiger partial charge in [-0.25, -0.2) is 4.79 Å². The molecule has 0 aliphatic heterocycles. The van der Waals surface area contributed by atoms with E-state index in [2.05, 4.69) is 79.9 Å². The number of ether oxygens (including phenoxy) is 1. The van der Waals surface area contributed by atoms with Crippen LogP contribution in [-0.2, 0) is 19.1 Å². The molecule has 0 saturated carbocycles. The minimum absolute atomic E-state index is 0.00358. The molecule has 7 heteroatoms. The molecule has 2 atom stereocenters. The van der Waals surface area contributed by atoms with E-state index in [1.807, 2.05) is 0 Å². The molecule has 0 radical (unpaired) electrons. The predicted molar refractivity (Wildman–Crippen MR) is 229 cm³/mol. The number of allylic oxidation sites excluding steroid dienone is 10. The SMILES string of the molecule is CC/C=C\C/C=C\C/C=C\C/C=C\C/C=C\CCCCCCCC(=O)OC(CCCCCCCCC)CCCCCCCC(=O)NC(CCCN)C(=O)O. The van der Waals surface area contributed by atoms with Crippen molar-refractivity contribution < 1.29 is 24.2 Å². The molecule has 0 heterocycles. The monoisotopic (exact) mass is 755 g/mol. The van der Waals surface area contributed by atoms with Gasteiger partial charge in [0, 0.05) is 12.8 Å². The first kappa shape index (κ1) is 51.1. The number of carbonyl (C=O) groups excluding carboxylic acids is 2. The highest BCUT2D eigenvalue weighted by Crippen LogP contribution is 2.19. The number of aliphatic carboxylic acids is 1. The van der Waals surface area contributed by atoms with Gasteiger partial charge in [-0.05, 0) is 103 Å². The number of carboxylic acids is 1. The van der Waals surface area contributed by atoms with Crippen LogP contribution in [-0.4, -0.2) is 41.6 Å². The molecular formula is C47H82N2O5. The maximum atomic E-state index is 12.7. The van der Waals surface area contributed by atoms with Crippen molar-refractivity contribution in [3.05, 3.63) is 60.8 Å². The topological polar surface area (TPSA) is 119 Å². The number of unbranched alkanes of at least 4 members (excludes halogenated alkanes) is 15. The summed E-state index contributed by atoms with van der Waals surface area (Å²) in [6, 6.07) is -0.859. The van der Waals surface area contributed by atoms with E-state index in [1.54, 1.807) is 0 Å². The molecule has 0 aliphatic rings. The number of nitrogens with two attached hydrogens (primary N) is 1. The standard InChI is InChI=1S/C47H82N2O5/c1-3-5-7-9-11-12-13-14-15-16-17-18-19-20-21-22-23-24-26-31-35-41-46(51)54-43(37-32-28-25-10-8-6-4-2)38-33-29-27-30-34-40-45(50)49-44(47(52)53)39-36-42-48/h5,7,11-12,14-15,17-18,20-21,43-44H,3-4,6,8-10,13,16,19,22-42,48H2,1-2H3,(H,49,50)(H,52,53)/b7-5-,12-11-,15-14-,18-17-,21-20-. The molecule has 54 heavy (non-hydrogen) atoms. The molecule has 0 fully saturated rings. The Balaban J connectivity index is 4.18. The van der Waals surface area contributed by atoms with Crippen LogP contribution in [0.2, 0.25) is 0 Å². The van der Waals surface area contributed by atoms with E-state index in [0.29, 0.717) is 32.2 Å². The second kappa shape index (κ2) is 41.2. The quantitative estimate of drug-likeness (QED) is 0.0327. The van der Waals surface area contributed by atoms with Crippen LogP contribution in [0.15, 0.2) is 60.8 Å².